The number of para-hydroxylation sites is 1. The molecule has 0 saturated carbocycles. The first-order valence-corrected chi connectivity index (χ1v) is 9.22. The van der Waals surface area contributed by atoms with E-state index in [0.29, 0.717) is 6.42 Å². The summed E-state index contributed by atoms with van der Waals surface area (Å²) in [4.78, 5) is 31.7. The Labute approximate surface area is 144 Å². The Morgan fingerprint density at radius 3 is 2.92 bits per heavy atom. The van der Waals surface area contributed by atoms with Gasteiger partial charge in [0.1, 0.15) is 0 Å². The van der Waals surface area contributed by atoms with E-state index in [-0.39, 0.29) is 17.5 Å². The zero-order valence-corrected chi connectivity index (χ0v) is 14.4. The van der Waals surface area contributed by atoms with Gasteiger partial charge in [0, 0.05) is 30.5 Å². The van der Waals surface area contributed by atoms with Gasteiger partial charge in [0.25, 0.3) is 5.56 Å². The smallest absolute Gasteiger partial charge is 0.257 e. The Morgan fingerprint density at radius 1 is 1.33 bits per heavy atom. The number of carbonyl (C=O) groups is 1. The molecule has 0 N–H and O–H groups in total. The summed E-state index contributed by atoms with van der Waals surface area (Å²) in [6.07, 6.45) is 3.05. The summed E-state index contributed by atoms with van der Waals surface area (Å²) in [6, 6.07) is 9.48. The van der Waals surface area contributed by atoms with Crippen LogP contribution in [0.2, 0.25) is 0 Å². The maximum absolute atomic E-state index is 12.8. The number of anilines is 1. The number of fused-ring (bicyclic) bond motifs is 2. The number of carbonyl (C=O) groups excluding carboxylic acids is 1. The summed E-state index contributed by atoms with van der Waals surface area (Å²) >= 11 is 1.59. The monoisotopic (exact) mass is 341 g/mol. The lowest BCUT2D eigenvalue weighted by Crippen LogP contribution is -2.33. The van der Waals surface area contributed by atoms with Crippen molar-refractivity contribution in [1.82, 2.24) is 9.55 Å². The molecule has 124 valence electrons. The van der Waals surface area contributed by atoms with Crippen LogP contribution in [0.5, 0.6) is 0 Å². The lowest BCUT2D eigenvalue weighted by Gasteiger charge is -2.20. The minimum atomic E-state index is -0.102. The molecule has 4 rings (SSSR count). The molecule has 0 spiro atoms. The number of thioether (sulfide) groups is 1. The fourth-order valence-corrected chi connectivity index (χ4v) is 4.59. The van der Waals surface area contributed by atoms with Gasteiger partial charge in [-0.3, -0.25) is 14.2 Å². The van der Waals surface area contributed by atoms with Gasteiger partial charge < -0.3 is 4.90 Å². The van der Waals surface area contributed by atoms with Crippen LogP contribution >= 0.6 is 11.8 Å². The van der Waals surface area contributed by atoms with Crippen LogP contribution in [-0.2, 0) is 17.6 Å². The number of aryl methyl sites for hydroxylation is 1. The van der Waals surface area contributed by atoms with Crippen molar-refractivity contribution in [2.45, 2.75) is 36.9 Å². The van der Waals surface area contributed by atoms with Crippen LogP contribution in [0.3, 0.4) is 0 Å². The van der Waals surface area contributed by atoms with Gasteiger partial charge in [0.2, 0.25) is 5.91 Å². The van der Waals surface area contributed by atoms with E-state index < -0.39 is 0 Å². The Balaban J connectivity index is 1.58. The molecule has 1 aliphatic heterocycles. The molecule has 0 fully saturated rings. The highest BCUT2D eigenvalue weighted by Gasteiger charge is 2.31. The molecule has 2 aliphatic rings. The van der Waals surface area contributed by atoms with Crippen molar-refractivity contribution >= 4 is 23.4 Å². The molecule has 2 heterocycles. The minimum Gasteiger partial charge on any atom is -0.315 e. The summed E-state index contributed by atoms with van der Waals surface area (Å²) in [6.45, 7) is 0. The second-order valence-electron chi connectivity index (χ2n) is 6.31. The van der Waals surface area contributed by atoms with E-state index >= 15 is 0 Å². The van der Waals surface area contributed by atoms with Crippen LogP contribution < -0.4 is 10.5 Å². The molecule has 2 aromatic rings. The molecule has 24 heavy (non-hydrogen) atoms. The van der Waals surface area contributed by atoms with E-state index in [0.717, 1.165) is 47.1 Å². The van der Waals surface area contributed by atoms with Gasteiger partial charge in [-0.05, 0) is 31.4 Å². The van der Waals surface area contributed by atoms with Gasteiger partial charge in [0.05, 0.1) is 11.7 Å². The lowest BCUT2D eigenvalue weighted by molar-refractivity contribution is -0.119. The van der Waals surface area contributed by atoms with E-state index in [1.165, 1.54) is 0 Å². The zero-order valence-electron chi connectivity index (χ0n) is 13.6. The zero-order chi connectivity index (χ0) is 16.7. The first-order valence-electron chi connectivity index (χ1n) is 8.24. The van der Waals surface area contributed by atoms with Crippen molar-refractivity contribution in [2.24, 2.45) is 0 Å². The number of amides is 1. The van der Waals surface area contributed by atoms with Gasteiger partial charge in [-0.15, -0.1) is 0 Å². The van der Waals surface area contributed by atoms with Gasteiger partial charge in [0.15, 0.2) is 5.16 Å². The molecule has 0 bridgehead atoms. The van der Waals surface area contributed by atoms with Crippen molar-refractivity contribution in [2.75, 3.05) is 17.7 Å². The van der Waals surface area contributed by atoms with Gasteiger partial charge in [-0.25, -0.2) is 4.98 Å². The molecule has 1 aromatic carbocycles. The quantitative estimate of drug-likeness (QED) is 0.805. The Hall–Kier alpha value is -2.08. The maximum atomic E-state index is 12.8. The third kappa shape index (κ3) is 2.55. The van der Waals surface area contributed by atoms with E-state index in [2.05, 4.69) is 4.98 Å². The third-order valence-corrected chi connectivity index (χ3v) is 5.90. The first-order chi connectivity index (χ1) is 11.6. The molecule has 0 saturated heterocycles. The predicted octanol–water partition coefficient (Wildman–Crippen LogP) is 2.43. The number of benzene rings is 1. The summed E-state index contributed by atoms with van der Waals surface area (Å²) in [5.74, 6) is 0.756. The molecule has 6 heteroatoms. The SMILES string of the molecule is CN(C(=O)CC1CSc2nc3c(c(=O)n21)CCC3)c1ccccc1. The van der Waals surface area contributed by atoms with Gasteiger partial charge in [-0.1, -0.05) is 30.0 Å². The fourth-order valence-electron chi connectivity index (χ4n) is 3.44. The minimum absolute atomic E-state index is 0.0204. The average molecular weight is 341 g/mol. The lowest BCUT2D eigenvalue weighted by atomic mass is 10.2. The van der Waals surface area contributed by atoms with Crippen molar-refractivity contribution in [3.05, 3.63) is 51.9 Å². The number of hydrogen-bond acceptors (Lipinski definition) is 4. The molecule has 0 radical (unpaired) electrons. The predicted molar refractivity (Wildman–Crippen MR) is 94.8 cm³/mol. The van der Waals surface area contributed by atoms with E-state index in [1.807, 2.05) is 30.3 Å². The molecule has 5 nitrogen and oxygen atoms in total. The van der Waals surface area contributed by atoms with Crippen molar-refractivity contribution in [3.8, 4) is 0 Å². The summed E-state index contributed by atoms with van der Waals surface area (Å²) in [5, 5.41) is 0.779. The fraction of sp³-hybridized carbons (Fsp3) is 0.389. The van der Waals surface area contributed by atoms with Crippen LogP contribution in [-0.4, -0.2) is 28.3 Å². The van der Waals surface area contributed by atoms with Crippen LogP contribution in [0.1, 0.15) is 30.1 Å². The molecule has 1 aromatic heterocycles. The van der Waals surface area contributed by atoms with E-state index in [9.17, 15) is 9.59 Å². The summed E-state index contributed by atoms with van der Waals surface area (Å²) in [5.41, 5.74) is 2.76. The Morgan fingerprint density at radius 2 is 2.12 bits per heavy atom. The number of nitrogens with zero attached hydrogens (tertiary/aromatic N) is 3. The number of aromatic nitrogens is 2. The van der Waals surface area contributed by atoms with Gasteiger partial charge in [-0.2, -0.15) is 0 Å². The third-order valence-electron chi connectivity index (χ3n) is 4.80. The van der Waals surface area contributed by atoms with Crippen LogP contribution in [0, 0.1) is 0 Å². The summed E-state index contributed by atoms with van der Waals surface area (Å²) in [7, 11) is 1.78. The van der Waals surface area contributed by atoms with Crippen molar-refractivity contribution < 1.29 is 4.79 Å². The number of rotatable bonds is 3. The van der Waals surface area contributed by atoms with E-state index in [1.54, 1.807) is 28.3 Å². The maximum Gasteiger partial charge on any atom is 0.257 e. The molecular weight excluding hydrogens is 322 g/mol. The van der Waals surface area contributed by atoms with Crippen LogP contribution in [0.15, 0.2) is 40.3 Å². The van der Waals surface area contributed by atoms with E-state index in [4.69, 9.17) is 0 Å². The normalized spacial score (nSPS) is 18.3. The van der Waals surface area contributed by atoms with Crippen molar-refractivity contribution in [3.63, 3.8) is 0 Å². The second-order valence-corrected chi connectivity index (χ2v) is 7.29. The largest absolute Gasteiger partial charge is 0.315 e. The first kappa shape index (κ1) is 15.4. The molecule has 1 amide bonds. The highest BCUT2D eigenvalue weighted by atomic mass is 32.2. The molecule has 1 unspecified atom stereocenters. The van der Waals surface area contributed by atoms with Crippen LogP contribution in [0.4, 0.5) is 5.69 Å². The molecule has 1 atom stereocenters. The van der Waals surface area contributed by atoms with Gasteiger partial charge >= 0.3 is 0 Å². The number of hydrogen-bond donors (Lipinski definition) is 0. The topological polar surface area (TPSA) is 55.2 Å². The standard InChI is InChI=1S/C18H19N3O2S/c1-20(12-6-3-2-4-7-12)16(22)10-13-11-24-18-19-15-9-5-8-14(15)17(23)21(13)18/h2-4,6-7,13H,5,8-11H2,1H3. The van der Waals surface area contributed by atoms with Crippen molar-refractivity contribution in [1.29, 1.82) is 0 Å². The highest BCUT2D eigenvalue weighted by Crippen LogP contribution is 2.34. The second kappa shape index (κ2) is 6.09. The Bertz CT molecular complexity index is 847. The Kier molecular flexibility index (Phi) is 3.92. The molecule has 1 aliphatic carbocycles. The highest BCUT2D eigenvalue weighted by molar-refractivity contribution is 7.99. The average Bonchev–Trinajstić information content (AvgIpc) is 3.23. The molecular formula is C18H19N3O2S. The summed E-state index contributed by atoms with van der Waals surface area (Å²) < 4.78 is 1.76. The van der Waals surface area contributed by atoms with Crippen LogP contribution in [0.25, 0.3) is 0 Å².